The summed E-state index contributed by atoms with van der Waals surface area (Å²) in [5.41, 5.74) is -1.18. The predicted molar refractivity (Wildman–Crippen MR) is 97.8 cm³/mol. The van der Waals surface area contributed by atoms with Crippen molar-refractivity contribution in [3.63, 3.8) is 0 Å². The maximum absolute atomic E-state index is 13.6. The molecule has 0 aliphatic carbocycles. The SMILES string of the molecule is O=C(C#Cc1ccc(-c2cccc(OC(F)F)c2)c(C(F)(F)F)c1)N[C@H]1CCOC1. The van der Waals surface area contributed by atoms with Crippen LogP contribution in [0.1, 0.15) is 17.5 Å². The minimum absolute atomic E-state index is 0.0103. The van der Waals surface area contributed by atoms with E-state index < -0.39 is 24.3 Å². The first-order valence-electron chi connectivity index (χ1n) is 8.89. The second-order valence-corrected chi connectivity index (χ2v) is 6.45. The molecule has 1 atom stereocenters. The van der Waals surface area contributed by atoms with Gasteiger partial charge in [-0.1, -0.05) is 24.1 Å². The van der Waals surface area contributed by atoms with Crippen LogP contribution in [-0.4, -0.2) is 31.8 Å². The first-order chi connectivity index (χ1) is 14.2. The number of hydrogen-bond donors (Lipinski definition) is 1. The fraction of sp³-hybridized carbons (Fsp3) is 0.286. The number of nitrogens with one attached hydrogen (secondary N) is 1. The van der Waals surface area contributed by atoms with E-state index in [0.29, 0.717) is 19.6 Å². The van der Waals surface area contributed by atoms with Gasteiger partial charge in [0.15, 0.2) is 0 Å². The van der Waals surface area contributed by atoms with E-state index in [9.17, 15) is 26.7 Å². The Morgan fingerprint density at radius 1 is 1.20 bits per heavy atom. The van der Waals surface area contributed by atoms with Crippen LogP contribution in [0.3, 0.4) is 0 Å². The van der Waals surface area contributed by atoms with Crippen molar-refractivity contribution >= 4 is 5.91 Å². The van der Waals surface area contributed by atoms with Crippen molar-refractivity contribution in [1.82, 2.24) is 5.32 Å². The van der Waals surface area contributed by atoms with Crippen LogP contribution >= 0.6 is 0 Å². The minimum Gasteiger partial charge on any atom is -0.435 e. The van der Waals surface area contributed by atoms with Gasteiger partial charge in [0.25, 0.3) is 5.91 Å². The zero-order chi connectivity index (χ0) is 21.7. The second-order valence-electron chi connectivity index (χ2n) is 6.45. The summed E-state index contributed by atoms with van der Waals surface area (Å²) in [6.07, 6.45) is -4.08. The molecule has 0 radical (unpaired) electrons. The van der Waals surface area contributed by atoms with Crippen molar-refractivity contribution in [2.45, 2.75) is 25.3 Å². The summed E-state index contributed by atoms with van der Waals surface area (Å²) in [4.78, 5) is 11.8. The zero-order valence-electron chi connectivity index (χ0n) is 15.4. The zero-order valence-corrected chi connectivity index (χ0v) is 15.4. The third-order valence-corrected chi connectivity index (χ3v) is 4.28. The molecule has 30 heavy (non-hydrogen) atoms. The summed E-state index contributed by atoms with van der Waals surface area (Å²) < 4.78 is 75.0. The summed E-state index contributed by atoms with van der Waals surface area (Å²) in [6.45, 7) is -2.20. The second kappa shape index (κ2) is 9.13. The van der Waals surface area contributed by atoms with Gasteiger partial charge in [0, 0.05) is 18.1 Å². The molecule has 0 bridgehead atoms. The van der Waals surface area contributed by atoms with Gasteiger partial charge in [0.1, 0.15) is 5.75 Å². The highest BCUT2D eigenvalue weighted by molar-refractivity contribution is 5.94. The molecule has 1 heterocycles. The third kappa shape index (κ3) is 5.70. The molecule has 1 fully saturated rings. The summed E-state index contributed by atoms with van der Waals surface area (Å²) in [5, 5.41) is 2.62. The lowest BCUT2D eigenvalue weighted by molar-refractivity contribution is -0.137. The molecule has 158 valence electrons. The first kappa shape index (κ1) is 21.6. The topological polar surface area (TPSA) is 47.6 Å². The van der Waals surface area contributed by atoms with Crippen molar-refractivity contribution in [3.05, 3.63) is 53.6 Å². The number of ether oxygens (including phenoxy) is 2. The molecule has 1 aliphatic rings. The van der Waals surface area contributed by atoms with Crippen molar-refractivity contribution in [1.29, 1.82) is 0 Å². The number of carbonyl (C=O) groups is 1. The molecule has 1 saturated heterocycles. The average molecular weight is 425 g/mol. The summed E-state index contributed by atoms with van der Waals surface area (Å²) in [7, 11) is 0. The van der Waals surface area contributed by atoms with Crippen LogP contribution in [0.2, 0.25) is 0 Å². The average Bonchev–Trinajstić information content (AvgIpc) is 3.18. The minimum atomic E-state index is -4.73. The molecule has 0 saturated carbocycles. The summed E-state index contributed by atoms with van der Waals surface area (Å²) >= 11 is 0. The summed E-state index contributed by atoms with van der Waals surface area (Å²) in [5.74, 6) is 3.82. The highest BCUT2D eigenvalue weighted by atomic mass is 19.4. The van der Waals surface area contributed by atoms with Gasteiger partial charge < -0.3 is 14.8 Å². The molecule has 2 aromatic carbocycles. The molecule has 0 unspecified atom stereocenters. The molecule has 9 heteroatoms. The standard InChI is InChI=1S/C21H16F5NO3/c22-20(23)30-16-3-1-2-14(11-16)17-6-4-13(10-18(17)21(24,25)26)5-7-19(28)27-15-8-9-29-12-15/h1-4,6,10-11,15,20H,8-9,12H2,(H,27,28)/t15-/m0/s1. The molecular formula is C21H16F5NO3. The number of halogens is 5. The largest absolute Gasteiger partial charge is 0.435 e. The van der Waals surface area contributed by atoms with E-state index in [4.69, 9.17) is 4.74 Å². The maximum Gasteiger partial charge on any atom is 0.417 e. The summed E-state index contributed by atoms with van der Waals surface area (Å²) in [6, 6.07) is 8.14. The van der Waals surface area contributed by atoms with E-state index in [1.54, 1.807) is 0 Å². The normalized spacial score (nSPS) is 16.1. The molecule has 0 aromatic heterocycles. The van der Waals surface area contributed by atoms with E-state index >= 15 is 0 Å². The van der Waals surface area contributed by atoms with Crippen LogP contribution in [0.4, 0.5) is 22.0 Å². The lowest BCUT2D eigenvalue weighted by Crippen LogP contribution is -2.34. The van der Waals surface area contributed by atoms with Crippen molar-refractivity contribution in [2.75, 3.05) is 13.2 Å². The van der Waals surface area contributed by atoms with Crippen molar-refractivity contribution in [3.8, 4) is 28.7 Å². The first-order valence-corrected chi connectivity index (χ1v) is 8.89. The van der Waals surface area contributed by atoms with Gasteiger partial charge in [-0.15, -0.1) is 0 Å². The van der Waals surface area contributed by atoms with Gasteiger partial charge in [-0.25, -0.2) is 0 Å². The number of alkyl halides is 5. The van der Waals surface area contributed by atoms with Gasteiger partial charge in [0.05, 0.1) is 18.2 Å². The Morgan fingerprint density at radius 3 is 2.67 bits per heavy atom. The number of benzene rings is 2. The van der Waals surface area contributed by atoms with E-state index in [-0.39, 0.29) is 28.5 Å². The molecule has 2 aromatic rings. The molecular weight excluding hydrogens is 409 g/mol. The molecule has 1 amide bonds. The van der Waals surface area contributed by atoms with E-state index in [0.717, 1.165) is 12.1 Å². The Morgan fingerprint density at radius 2 is 2.00 bits per heavy atom. The van der Waals surface area contributed by atoms with Gasteiger partial charge in [-0.3, -0.25) is 4.79 Å². The predicted octanol–water partition coefficient (Wildman–Crippen LogP) is 4.23. The Hall–Kier alpha value is -3.12. The van der Waals surface area contributed by atoms with Crippen molar-refractivity contribution in [2.24, 2.45) is 0 Å². The number of carbonyl (C=O) groups excluding carboxylic acids is 1. The molecule has 0 spiro atoms. The van der Waals surface area contributed by atoms with Crippen molar-refractivity contribution < 1.29 is 36.2 Å². The number of amides is 1. The highest BCUT2D eigenvalue weighted by Gasteiger charge is 2.34. The van der Waals surface area contributed by atoms with Crippen LogP contribution in [-0.2, 0) is 15.7 Å². The van der Waals surface area contributed by atoms with E-state index in [2.05, 4.69) is 21.9 Å². The van der Waals surface area contributed by atoms with Gasteiger partial charge >= 0.3 is 12.8 Å². The lowest BCUT2D eigenvalue weighted by Gasteiger charge is -2.14. The molecule has 1 N–H and O–H groups in total. The van der Waals surface area contributed by atoms with Gasteiger partial charge in [-0.2, -0.15) is 22.0 Å². The Bertz CT molecular complexity index is 973. The number of hydrogen-bond acceptors (Lipinski definition) is 3. The third-order valence-electron chi connectivity index (χ3n) is 4.28. The van der Waals surface area contributed by atoms with E-state index in [1.807, 2.05) is 0 Å². The molecule has 1 aliphatic heterocycles. The maximum atomic E-state index is 13.6. The van der Waals surface area contributed by atoms with E-state index in [1.165, 1.54) is 30.3 Å². The smallest absolute Gasteiger partial charge is 0.417 e. The quantitative estimate of drug-likeness (QED) is 0.589. The lowest BCUT2D eigenvalue weighted by atomic mass is 9.97. The fourth-order valence-corrected chi connectivity index (χ4v) is 2.95. The molecule has 3 rings (SSSR count). The van der Waals surface area contributed by atoms with Crippen LogP contribution in [0.5, 0.6) is 5.75 Å². The molecule has 4 nitrogen and oxygen atoms in total. The van der Waals surface area contributed by atoms with Gasteiger partial charge in [-0.05, 0) is 41.8 Å². The number of rotatable bonds is 4. The van der Waals surface area contributed by atoms with Crippen LogP contribution in [0.15, 0.2) is 42.5 Å². The monoisotopic (exact) mass is 425 g/mol. The highest BCUT2D eigenvalue weighted by Crippen LogP contribution is 2.38. The Labute approximate surface area is 169 Å². The van der Waals surface area contributed by atoms with Crippen LogP contribution in [0.25, 0.3) is 11.1 Å². The van der Waals surface area contributed by atoms with Crippen LogP contribution < -0.4 is 10.1 Å². The van der Waals surface area contributed by atoms with Crippen LogP contribution in [0, 0.1) is 11.8 Å². The van der Waals surface area contributed by atoms with Gasteiger partial charge in [0.2, 0.25) is 0 Å². The fourth-order valence-electron chi connectivity index (χ4n) is 2.95. The Balaban J connectivity index is 1.88. The Kier molecular flexibility index (Phi) is 6.57.